The molecular formula is C26H19NS. The van der Waals surface area contributed by atoms with Crippen LogP contribution >= 0.6 is 11.8 Å². The summed E-state index contributed by atoms with van der Waals surface area (Å²) in [6.07, 6.45) is 4.64. The third-order valence-corrected chi connectivity index (χ3v) is 7.98. The Morgan fingerprint density at radius 3 is 2.18 bits per heavy atom. The van der Waals surface area contributed by atoms with E-state index in [1.807, 2.05) is 0 Å². The molecule has 1 saturated heterocycles. The summed E-state index contributed by atoms with van der Waals surface area (Å²) in [6, 6.07) is 27.6. The number of fused-ring (bicyclic) bond motifs is 2. The zero-order valence-electron chi connectivity index (χ0n) is 15.3. The van der Waals surface area contributed by atoms with E-state index >= 15 is 0 Å². The van der Waals surface area contributed by atoms with Crippen LogP contribution in [0.2, 0.25) is 0 Å². The van der Waals surface area contributed by atoms with Crippen LogP contribution in [-0.2, 0) is 0 Å². The maximum absolute atomic E-state index is 4.04. The monoisotopic (exact) mass is 377 g/mol. The van der Waals surface area contributed by atoms with Crippen LogP contribution in [0.4, 0.5) is 0 Å². The minimum atomic E-state index is 0.256. The Balaban J connectivity index is 1.36. The van der Waals surface area contributed by atoms with Crippen LogP contribution in [0.25, 0.3) is 27.6 Å². The molecule has 1 nitrogen and oxygen atoms in total. The highest BCUT2D eigenvalue weighted by atomic mass is 32.2. The van der Waals surface area contributed by atoms with E-state index in [4.69, 9.17) is 0 Å². The highest BCUT2D eigenvalue weighted by Crippen LogP contribution is 2.65. The number of benzene rings is 4. The molecule has 1 aliphatic heterocycles. The molecule has 0 saturated carbocycles. The lowest BCUT2D eigenvalue weighted by Gasteiger charge is -2.30. The van der Waals surface area contributed by atoms with Crippen molar-refractivity contribution in [1.29, 1.82) is 0 Å². The first-order valence-electron chi connectivity index (χ1n) is 10.0. The lowest BCUT2D eigenvalue weighted by Crippen LogP contribution is -2.31. The molecule has 1 heterocycles. The van der Waals surface area contributed by atoms with Gasteiger partial charge < -0.3 is 0 Å². The molecule has 1 fully saturated rings. The molecule has 4 aromatic carbocycles. The van der Waals surface area contributed by atoms with Crippen LogP contribution in [0.5, 0.6) is 0 Å². The van der Waals surface area contributed by atoms with Gasteiger partial charge in [-0.3, -0.25) is 5.32 Å². The molecule has 2 aliphatic carbocycles. The van der Waals surface area contributed by atoms with Gasteiger partial charge in [0.05, 0.1) is 6.04 Å². The zero-order chi connectivity index (χ0) is 18.2. The first-order valence-corrected chi connectivity index (χ1v) is 11.0. The molecule has 4 atom stereocenters. The van der Waals surface area contributed by atoms with Crippen LogP contribution in [0.15, 0.2) is 78.9 Å². The highest BCUT2D eigenvalue weighted by molar-refractivity contribution is 8.07. The molecule has 2 heteroatoms. The molecule has 0 aromatic heterocycles. The summed E-state index contributed by atoms with van der Waals surface area (Å²) >= 11 is 2.12. The molecule has 4 aromatic rings. The summed E-state index contributed by atoms with van der Waals surface area (Å²) in [6.45, 7) is 0. The van der Waals surface area contributed by atoms with Crippen molar-refractivity contribution in [3.05, 3.63) is 101 Å². The average Bonchev–Trinajstić information content (AvgIpc) is 3.54. The van der Waals surface area contributed by atoms with Gasteiger partial charge in [0.15, 0.2) is 0 Å². The minimum absolute atomic E-state index is 0.256. The number of thioether (sulfide) groups is 1. The van der Waals surface area contributed by atoms with E-state index in [-0.39, 0.29) is 6.04 Å². The van der Waals surface area contributed by atoms with Crippen molar-refractivity contribution in [2.24, 2.45) is 0 Å². The fourth-order valence-electron chi connectivity index (χ4n) is 5.33. The lowest BCUT2D eigenvalue weighted by molar-refractivity contribution is 0.493. The van der Waals surface area contributed by atoms with Crippen LogP contribution in [0, 0.1) is 0 Å². The molecular weight excluding hydrogens is 358 g/mol. The minimum Gasteiger partial charge on any atom is -0.299 e. The Kier molecular flexibility index (Phi) is 3.02. The van der Waals surface area contributed by atoms with Crippen LogP contribution in [-0.4, -0.2) is 5.25 Å². The second-order valence-electron chi connectivity index (χ2n) is 8.09. The van der Waals surface area contributed by atoms with Crippen molar-refractivity contribution in [1.82, 2.24) is 5.32 Å². The van der Waals surface area contributed by atoms with Crippen molar-refractivity contribution in [3.63, 3.8) is 0 Å². The standard InChI is InChI=1S/C26H19NS/c1-5-15-7-2-10-18-21(14-13-17(6-1)22(15)18)27-24-19-11-3-8-16-9-4-12-20(23(16)19)25-26(24)28-25/h1-14,21,24-27H. The summed E-state index contributed by atoms with van der Waals surface area (Å²) in [7, 11) is 0. The molecule has 134 valence electrons. The number of nitrogens with one attached hydrogen (secondary N) is 1. The molecule has 4 unspecified atom stereocenters. The van der Waals surface area contributed by atoms with Crippen LogP contribution in [0.3, 0.4) is 0 Å². The first kappa shape index (κ1) is 15.4. The third kappa shape index (κ3) is 2.02. The van der Waals surface area contributed by atoms with Gasteiger partial charge in [-0.25, -0.2) is 0 Å². The largest absolute Gasteiger partial charge is 0.299 e. The normalized spacial score (nSPS) is 26.4. The molecule has 0 spiro atoms. The summed E-state index contributed by atoms with van der Waals surface area (Å²) in [5.74, 6) is 0. The number of rotatable bonds is 2. The van der Waals surface area contributed by atoms with Gasteiger partial charge in [-0.1, -0.05) is 84.9 Å². The maximum atomic E-state index is 4.04. The van der Waals surface area contributed by atoms with Crippen LogP contribution in [0.1, 0.15) is 39.6 Å². The lowest BCUT2D eigenvalue weighted by atomic mass is 9.84. The Bertz CT molecular complexity index is 1290. The van der Waals surface area contributed by atoms with E-state index < -0.39 is 0 Å². The molecule has 7 rings (SSSR count). The Labute approximate surface area is 168 Å². The molecule has 3 aliphatic rings. The second kappa shape index (κ2) is 5.50. The number of hydrogen-bond donors (Lipinski definition) is 1. The maximum Gasteiger partial charge on any atom is 0.0521 e. The van der Waals surface area contributed by atoms with E-state index in [0.717, 1.165) is 0 Å². The van der Waals surface area contributed by atoms with Gasteiger partial charge in [0.25, 0.3) is 0 Å². The van der Waals surface area contributed by atoms with E-state index in [9.17, 15) is 0 Å². The quantitative estimate of drug-likeness (QED) is 0.397. The molecule has 0 amide bonds. The smallest absolute Gasteiger partial charge is 0.0521 e. The SMILES string of the molecule is C1=CC(NC2c3cccc4cccc(c34)C3SC23)c2cccc3cccc1c23. The highest BCUT2D eigenvalue weighted by Gasteiger charge is 2.50. The van der Waals surface area contributed by atoms with Gasteiger partial charge in [-0.2, -0.15) is 0 Å². The summed E-state index contributed by atoms with van der Waals surface area (Å²) in [5, 5.41) is 10.9. The van der Waals surface area contributed by atoms with Crippen molar-refractivity contribution in [2.45, 2.75) is 22.6 Å². The van der Waals surface area contributed by atoms with Gasteiger partial charge in [-0.15, -0.1) is 11.8 Å². The summed E-state index contributed by atoms with van der Waals surface area (Å²) < 4.78 is 0. The van der Waals surface area contributed by atoms with Gasteiger partial charge >= 0.3 is 0 Å². The Hall–Kier alpha value is -2.55. The zero-order valence-corrected chi connectivity index (χ0v) is 16.1. The fraction of sp³-hybridized carbons (Fsp3) is 0.154. The van der Waals surface area contributed by atoms with Crippen molar-refractivity contribution in [3.8, 4) is 0 Å². The van der Waals surface area contributed by atoms with Crippen molar-refractivity contribution in [2.75, 3.05) is 0 Å². The second-order valence-corrected chi connectivity index (χ2v) is 9.41. The molecule has 0 radical (unpaired) electrons. The first-order chi connectivity index (χ1) is 13.9. The van der Waals surface area contributed by atoms with Gasteiger partial charge in [0, 0.05) is 16.5 Å². The number of hydrogen-bond acceptors (Lipinski definition) is 2. The predicted molar refractivity (Wildman–Crippen MR) is 120 cm³/mol. The van der Waals surface area contributed by atoms with Crippen LogP contribution < -0.4 is 5.32 Å². The van der Waals surface area contributed by atoms with E-state index in [2.05, 4.69) is 102 Å². The Morgan fingerprint density at radius 2 is 1.36 bits per heavy atom. The van der Waals surface area contributed by atoms with E-state index in [0.29, 0.717) is 16.5 Å². The average molecular weight is 378 g/mol. The van der Waals surface area contributed by atoms with Gasteiger partial charge in [-0.05, 0) is 43.8 Å². The van der Waals surface area contributed by atoms with Gasteiger partial charge in [0.2, 0.25) is 0 Å². The third-order valence-electron chi connectivity index (χ3n) is 6.60. The molecule has 28 heavy (non-hydrogen) atoms. The van der Waals surface area contributed by atoms with Gasteiger partial charge in [0.1, 0.15) is 0 Å². The Morgan fingerprint density at radius 1 is 0.679 bits per heavy atom. The van der Waals surface area contributed by atoms with E-state index in [1.54, 1.807) is 0 Å². The van der Waals surface area contributed by atoms with Crippen molar-refractivity contribution < 1.29 is 0 Å². The molecule has 0 bridgehead atoms. The summed E-state index contributed by atoms with van der Waals surface area (Å²) in [5.41, 5.74) is 5.75. The topological polar surface area (TPSA) is 12.0 Å². The molecule has 1 N–H and O–H groups in total. The van der Waals surface area contributed by atoms with Crippen molar-refractivity contribution >= 4 is 39.4 Å². The summed E-state index contributed by atoms with van der Waals surface area (Å²) in [4.78, 5) is 0. The predicted octanol–water partition coefficient (Wildman–Crippen LogP) is 6.56. The fourth-order valence-corrected chi connectivity index (χ4v) is 6.60. The van der Waals surface area contributed by atoms with E-state index in [1.165, 1.54) is 43.8 Å².